The second-order valence-electron chi connectivity index (χ2n) is 5.06. The summed E-state index contributed by atoms with van der Waals surface area (Å²) in [5, 5.41) is 6.94. The first-order valence-electron chi connectivity index (χ1n) is 6.91. The first kappa shape index (κ1) is 13.3. The number of fused-ring (bicyclic) bond motifs is 1. The molecule has 0 fully saturated rings. The number of nitrogens with zero attached hydrogens (tertiary/aromatic N) is 1. The summed E-state index contributed by atoms with van der Waals surface area (Å²) in [6.07, 6.45) is 2.94. The lowest BCUT2D eigenvalue weighted by Crippen LogP contribution is -2.27. The Hall–Kier alpha value is -1.71. The van der Waals surface area contributed by atoms with Crippen molar-refractivity contribution in [2.24, 2.45) is 0 Å². The molecule has 3 heteroatoms. The summed E-state index contributed by atoms with van der Waals surface area (Å²) >= 11 is 1.82. The van der Waals surface area contributed by atoms with E-state index in [2.05, 4.69) is 59.0 Å². The number of rotatable bonds is 5. The van der Waals surface area contributed by atoms with E-state index < -0.39 is 0 Å². The molecule has 1 aromatic carbocycles. The van der Waals surface area contributed by atoms with Gasteiger partial charge in [-0.25, -0.2) is 0 Å². The van der Waals surface area contributed by atoms with Gasteiger partial charge in [-0.3, -0.25) is 4.98 Å². The number of nitrogens with one attached hydrogen (secondary N) is 1. The second-order valence-corrected chi connectivity index (χ2v) is 6.09. The Morgan fingerprint density at radius 3 is 2.90 bits per heavy atom. The van der Waals surface area contributed by atoms with Gasteiger partial charge >= 0.3 is 0 Å². The monoisotopic (exact) mass is 282 g/mol. The number of pyridine rings is 1. The zero-order chi connectivity index (χ0) is 13.8. The summed E-state index contributed by atoms with van der Waals surface area (Å²) in [6, 6.07) is 15.2. The van der Waals surface area contributed by atoms with Crippen molar-refractivity contribution in [3.63, 3.8) is 0 Å². The highest BCUT2D eigenvalue weighted by Gasteiger charge is 2.06. The second kappa shape index (κ2) is 6.16. The third-order valence-electron chi connectivity index (χ3n) is 3.44. The van der Waals surface area contributed by atoms with Gasteiger partial charge in [-0.15, -0.1) is 11.3 Å². The molecule has 3 rings (SSSR count). The van der Waals surface area contributed by atoms with Gasteiger partial charge in [-0.05, 0) is 36.4 Å². The van der Waals surface area contributed by atoms with Gasteiger partial charge in [0.25, 0.3) is 0 Å². The van der Waals surface area contributed by atoms with Crippen LogP contribution in [0.2, 0.25) is 0 Å². The SMILES string of the molecule is CC(Cc1cccs1)NCc1cccc2cccnc12. The van der Waals surface area contributed by atoms with E-state index in [0.717, 1.165) is 18.5 Å². The molecule has 0 amide bonds. The zero-order valence-electron chi connectivity index (χ0n) is 11.5. The number of hydrogen-bond acceptors (Lipinski definition) is 3. The van der Waals surface area contributed by atoms with Crippen LogP contribution in [-0.2, 0) is 13.0 Å². The van der Waals surface area contributed by atoms with Crippen molar-refractivity contribution in [3.8, 4) is 0 Å². The van der Waals surface area contributed by atoms with E-state index in [4.69, 9.17) is 0 Å². The lowest BCUT2D eigenvalue weighted by atomic mass is 10.1. The standard InChI is InChI=1S/C17H18N2S/c1-13(11-16-8-4-10-20-16)19-12-15-6-2-5-14-7-3-9-18-17(14)15/h2-10,13,19H,11-12H2,1H3. The van der Waals surface area contributed by atoms with Gasteiger partial charge in [0.1, 0.15) is 0 Å². The average Bonchev–Trinajstić information content (AvgIpc) is 2.98. The first-order chi connectivity index (χ1) is 9.83. The number of hydrogen-bond donors (Lipinski definition) is 1. The van der Waals surface area contributed by atoms with E-state index in [0.29, 0.717) is 6.04 Å². The van der Waals surface area contributed by atoms with Crippen LogP contribution in [0.4, 0.5) is 0 Å². The molecule has 0 saturated heterocycles. The number of para-hydroxylation sites is 1. The Bertz CT molecular complexity index is 671. The third-order valence-corrected chi connectivity index (χ3v) is 4.34. The summed E-state index contributed by atoms with van der Waals surface area (Å²) in [7, 11) is 0. The summed E-state index contributed by atoms with van der Waals surface area (Å²) in [4.78, 5) is 5.93. The smallest absolute Gasteiger partial charge is 0.0746 e. The van der Waals surface area contributed by atoms with Crippen LogP contribution < -0.4 is 5.32 Å². The van der Waals surface area contributed by atoms with Crippen LogP contribution in [-0.4, -0.2) is 11.0 Å². The Morgan fingerprint density at radius 2 is 2.05 bits per heavy atom. The van der Waals surface area contributed by atoms with E-state index in [1.54, 1.807) is 0 Å². The van der Waals surface area contributed by atoms with Crippen molar-refractivity contribution < 1.29 is 0 Å². The van der Waals surface area contributed by atoms with Crippen molar-refractivity contribution in [3.05, 3.63) is 64.5 Å². The van der Waals surface area contributed by atoms with E-state index in [1.807, 2.05) is 23.6 Å². The normalized spacial score (nSPS) is 12.7. The Balaban J connectivity index is 1.67. The van der Waals surface area contributed by atoms with Crippen molar-refractivity contribution in [1.29, 1.82) is 0 Å². The molecule has 0 saturated carbocycles. The highest BCUT2D eigenvalue weighted by Crippen LogP contribution is 2.16. The molecular weight excluding hydrogens is 264 g/mol. The van der Waals surface area contributed by atoms with Gasteiger partial charge in [0.2, 0.25) is 0 Å². The summed E-state index contributed by atoms with van der Waals surface area (Å²) in [6.45, 7) is 3.10. The molecule has 0 radical (unpaired) electrons. The Kier molecular flexibility index (Phi) is 4.09. The van der Waals surface area contributed by atoms with Crippen molar-refractivity contribution >= 4 is 22.2 Å². The van der Waals surface area contributed by atoms with E-state index >= 15 is 0 Å². The van der Waals surface area contributed by atoms with Crippen LogP contribution in [0.5, 0.6) is 0 Å². The van der Waals surface area contributed by atoms with E-state index in [-0.39, 0.29) is 0 Å². The van der Waals surface area contributed by atoms with Gasteiger partial charge in [0, 0.05) is 29.0 Å². The predicted molar refractivity (Wildman–Crippen MR) is 86.1 cm³/mol. The molecule has 102 valence electrons. The van der Waals surface area contributed by atoms with Gasteiger partial charge in [-0.1, -0.05) is 30.3 Å². The molecule has 20 heavy (non-hydrogen) atoms. The fourth-order valence-corrected chi connectivity index (χ4v) is 3.23. The lowest BCUT2D eigenvalue weighted by Gasteiger charge is -2.13. The molecule has 0 bridgehead atoms. The third kappa shape index (κ3) is 3.06. The van der Waals surface area contributed by atoms with Crippen LogP contribution >= 0.6 is 11.3 Å². The van der Waals surface area contributed by atoms with Gasteiger partial charge in [-0.2, -0.15) is 0 Å². The summed E-state index contributed by atoms with van der Waals surface area (Å²) < 4.78 is 0. The maximum absolute atomic E-state index is 4.50. The van der Waals surface area contributed by atoms with E-state index in [1.165, 1.54) is 15.8 Å². The molecule has 3 aromatic rings. The predicted octanol–water partition coefficient (Wildman–Crippen LogP) is 4.02. The average molecular weight is 282 g/mol. The highest BCUT2D eigenvalue weighted by molar-refractivity contribution is 7.09. The van der Waals surface area contributed by atoms with E-state index in [9.17, 15) is 0 Å². The maximum Gasteiger partial charge on any atom is 0.0746 e. The number of thiophene rings is 1. The van der Waals surface area contributed by atoms with Gasteiger partial charge in [0.05, 0.1) is 5.52 Å². The fraction of sp³-hybridized carbons (Fsp3) is 0.235. The molecule has 2 nitrogen and oxygen atoms in total. The first-order valence-corrected chi connectivity index (χ1v) is 7.79. The van der Waals surface area contributed by atoms with Crippen molar-refractivity contribution in [2.75, 3.05) is 0 Å². The van der Waals surface area contributed by atoms with Crippen molar-refractivity contribution in [2.45, 2.75) is 25.9 Å². The lowest BCUT2D eigenvalue weighted by molar-refractivity contribution is 0.550. The maximum atomic E-state index is 4.50. The molecule has 2 heterocycles. The highest BCUT2D eigenvalue weighted by atomic mass is 32.1. The van der Waals surface area contributed by atoms with Crippen LogP contribution in [0.3, 0.4) is 0 Å². The van der Waals surface area contributed by atoms with Crippen molar-refractivity contribution in [1.82, 2.24) is 10.3 Å². The Labute approximate surface area is 123 Å². The molecule has 0 aliphatic rings. The molecule has 0 aliphatic carbocycles. The van der Waals surface area contributed by atoms with Crippen LogP contribution in [0.15, 0.2) is 54.0 Å². The molecule has 1 unspecified atom stereocenters. The molecule has 1 N–H and O–H groups in total. The number of aromatic nitrogens is 1. The molecule has 1 atom stereocenters. The van der Waals surface area contributed by atoms with Crippen LogP contribution in [0.1, 0.15) is 17.4 Å². The van der Waals surface area contributed by atoms with Crippen LogP contribution in [0.25, 0.3) is 10.9 Å². The molecular formula is C17H18N2S. The minimum atomic E-state index is 0.465. The zero-order valence-corrected chi connectivity index (χ0v) is 12.4. The Morgan fingerprint density at radius 1 is 1.15 bits per heavy atom. The van der Waals surface area contributed by atoms with Gasteiger partial charge in [0.15, 0.2) is 0 Å². The van der Waals surface area contributed by atoms with Crippen LogP contribution in [0, 0.1) is 0 Å². The number of benzene rings is 1. The minimum Gasteiger partial charge on any atom is -0.310 e. The fourth-order valence-electron chi connectivity index (χ4n) is 2.40. The van der Waals surface area contributed by atoms with Gasteiger partial charge < -0.3 is 5.32 Å². The summed E-state index contributed by atoms with van der Waals surface area (Å²) in [5.74, 6) is 0. The quantitative estimate of drug-likeness (QED) is 0.764. The summed E-state index contributed by atoms with van der Waals surface area (Å²) in [5.41, 5.74) is 2.37. The topological polar surface area (TPSA) is 24.9 Å². The molecule has 2 aromatic heterocycles. The molecule has 0 aliphatic heterocycles. The molecule has 0 spiro atoms. The largest absolute Gasteiger partial charge is 0.310 e. The minimum absolute atomic E-state index is 0.465.